The molecule has 2 amide bonds. The van der Waals surface area contributed by atoms with E-state index in [1.165, 1.54) is 0 Å². The first-order chi connectivity index (χ1) is 11.6. The lowest BCUT2D eigenvalue weighted by molar-refractivity contribution is -0.121. The maximum atomic E-state index is 12.3. The maximum absolute atomic E-state index is 12.3. The van der Waals surface area contributed by atoms with Gasteiger partial charge in [-0.1, -0.05) is 48.0 Å². The summed E-state index contributed by atoms with van der Waals surface area (Å²) < 4.78 is 0. The molecule has 0 spiro atoms. The molecule has 24 heavy (non-hydrogen) atoms. The number of rotatable bonds is 3. The van der Waals surface area contributed by atoms with Gasteiger partial charge in [0.2, 0.25) is 5.91 Å². The lowest BCUT2D eigenvalue weighted by atomic mass is 10.1. The highest BCUT2D eigenvalue weighted by Crippen LogP contribution is 2.15. The van der Waals surface area contributed by atoms with Crippen LogP contribution >= 0.6 is 11.6 Å². The third-order valence-corrected chi connectivity index (χ3v) is 3.73. The van der Waals surface area contributed by atoms with Crippen LogP contribution < -0.4 is 10.9 Å². The second-order valence-electron chi connectivity index (χ2n) is 5.19. The lowest BCUT2D eigenvalue weighted by Gasteiger charge is -2.09. The number of amides is 2. The van der Waals surface area contributed by atoms with Gasteiger partial charge in [0.15, 0.2) is 0 Å². The van der Waals surface area contributed by atoms with E-state index in [9.17, 15) is 9.59 Å². The number of hydrogen-bond donors (Lipinski definition) is 2. The first-order valence-corrected chi connectivity index (χ1v) is 7.68. The molecule has 2 aromatic carbocycles. The zero-order chi connectivity index (χ0) is 16.9. The largest absolute Gasteiger partial charge is 0.288 e. The van der Waals surface area contributed by atoms with Gasteiger partial charge >= 0.3 is 0 Å². The van der Waals surface area contributed by atoms with Gasteiger partial charge in [0.1, 0.15) is 5.69 Å². The summed E-state index contributed by atoms with van der Waals surface area (Å²) in [4.78, 5) is 28.3. The molecule has 0 unspecified atom stereocenters. The number of benzene rings is 2. The number of nitrogens with zero attached hydrogens (tertiary/aromatic N) is 1. The summed E-state index contributed by atoms with van der Waals surface area (Å²) in [5.41, 5.74) is 5.86. The molecule has 1 aromatic heterocycles. The van der Waals surface area contributed by atoms with E-state index >= 15 is 0 Å². The van der Waals surface area contributed by atoms with E-state index in [-0.39, 0.29) is 18.0 Å². The van der Waals surface area contributed by atoms with Gasteiger partial charge in [-0.15, -0.1) is 0 Å². The standard InChI is InChI=1S/C18H14ClN3O2/c19-14-7-5-12(6-8-14)11-16(23)21-22-18(24)17-15-4-2-1-3-13(15)9-10-20-17/h1-10H,11H2,(H,21,23)(H,22,24). The molecule has 3 aromatic rings. The maximum Gasteiger partial charge on any atom is 0.288 e. The number of fused-ring (bicyclic) bond motifs is 1. The molecule has 0 saturated heterocycles. The highest BCUT2D eigenvalue weighted by atomic mass is 35.5. The van der Waals surface area contributed by atoms with Crippen molar-refractivity contribution in [2.75, 3.05) is 0 Å². The molecule has 0 fully saturated rings. The predicted molar refractivity (Wildman–Crippen MR) is 92.5 cm³/mol. The molecule has 120 valence electrons. The molecule has 1 heterocycles. The third kappa shape index (κ3) is 3.70. The number of halogens is 1. The van der Waals surface area contributed by atoms with E-state index in [1.54, 1.807) is 30.5 Å². The Bertz CT molecular complexity index is 889. The number of hydrogen-bond acceptors (Lipinski definition) is 3. The molecule has 3 rings (SSSR count). The summed E-state index contributed by atoms with van der Waals surface area (Å²) in [7, 11) is 0. The van der Waals surface area contributed by atoms with Crippen LogP contribution in [0.15, 0.2) is 60.8 Å². The van der Waals surface area contributed by atoms with Crippen LogP contribution in [0.1, 0.15) is 16.1 Å². The summed E-state index contributed by atoms with van der Waals surface area (Å²) in [5.74, 6) is -0.790. The summed E-state index contributed by atoms with van der Waals surface area (Å²) >= 11 is 5.80. The number of aromatic nitrogens is 1. The number of carbonyl (C=O) groups is 2. The Morgan fingerprint density at radius 3 is 2.50 bits per heavy atom. The molecule has 0 radical (unpaired) electrons. The quantitative estimate of drug-likeness (QED) is 0.721. The lowest BCUT2D eigenvalue weighted by Crippen LogP contribution is -2.42. The van der Waals surface area contributed by atoms with Crippen LogP contribution in [0.2, 0.25) is 5.02 Å². The summed E-state index contributed by atoms with van der Waals surface area (Å²) in [6, 6.07) is 16.2. The van der Waals surface area contributed by atoms with E-state index in [0.29, 0.717) is 5.02 Å². The second-order valence-corrected chi connectivity index (χ2v) is 5.62. The minimum Gasteiger partial charge on any atom is -0.273 e. The molecule has 0 aliphatic carbocycles. The van der Waals surface area contributed by atoms with E-state index in [1.807, 2.05) is 30.3 Å². The highest BCUT2D eigenvalue weighted by Gasteiger charge is 2.12. The number of nitrogens with one attached hydrogen (secondary N) is 2. The topological polar surface area (TPSA) is 71.1 Å². The molecule has 0 bridgehead atoms. The molecular weight excluding hydrogens is 326 g/mol. The molecule has 6 heteroatoms. The first kappa shape index (κ1) is 16.0. The monoisotopic (exact) mass is 339 g/mol. The fourth-order valence-electron chi connectivity index (χ4n) is 2.32. The SMILES string of the molecule is O=C(Cc1ccc(Cl)cc1)NNC(=O)c1nccc2ccccc12. The van der Waals surface area contributed by atoms with Crippen LogP contribution in [0.4, 0.5) is 0 Å². The fraction of sp³-hybridized carbons (Fsp3) is 0.0556. The molecule has 0 saturated carbocycles. The smallest absolute Gasteiger partial charge is 0.273 e. The molecule has 0 aliphatic heterocycles. The van der Waals surface area contributed by atoms with Crippen molar-refractivity contribution in [3.63, 3.8) is 0 Å². The molecule has 5 nitrogen and oxygen atoms in total. The predicted octanol–water partition coefficient (Wildman–Crippen LogP) is 2.89. The van der Waals surface area contributed by atoms with E-state index < -0.39 is 5.91 Å². The third-order valence-electron chi connectivity index (χ3n) is 3.48. The zero-order valence-electron chi connectivity index (χ0n) is 12.6. The molecule has 0 aliphatic rings. The van der Waals surface area contributed by atoms with Gasteiger partial charge in [0.05, 0.1) is 6.42 Å². The average molecular weight is 340 g/mol. The minimum atomic E-state index is -0.462. The summed E-state index contributed by atoms with van der Waals surface area (Å²) in [6.45, 7) is 0. The zero-order valence-corrected chi connectivity index (χ0v) is 13.4. The molecule has 0 atom stereocenters. The van der Waals surface area contributed by atoms with Crippen molar-refractivity contribution in [2.24, 2.45) is 0 Å². The van der Waals surface area contributed by atoms with Crippen LogP contribution in [-0.4, -0.2) is 16.8 Å². The first-order valence-electron chi connectivity index (χ1n) is 7.31. The van der Waals surface area contributed by atoms with E-state index in [2.05, 4.69) is 15.8 Å². The average Bonchev–Trinajstić information content (AvgIpc) is 2.61. The van der Waals surface area contributed by atoms with Crippen LogP contribution in [0.3, 0.4) is 0 Å². The Labute approximate surface area is 143 Å². The van der Waals surface area contributed by atoms with E-state index in [0.717, 1.165) is 16.3 Å². The Hall–Kier alpha value is -2.92. The fourth-order valence-corrected chi connectivity index (χ4v) is 2.44. The number of hydrazine groups is 1. The van der Waals surface area contributed by atoms with Gasteiger partial charge in [-0.05, 0) is 29.1 Å². The van der Waals surface area contributed by atoms with Crippen molar-refractivity contribution in [1.82, 2.24) is 15.8 Å². The van der Waals surface area contributed by atoms with Gasteiger partial charge in [-0.3, -0.25) is 25.4 Å². The van der Waals surface area contributed by atoms with Crippen molar-refractivity contribution < 1.29 is 9.59 Å². The number of pyridine rings is 1. The van der Waals surface area contributed by atoms with Gasteiger partial charge in [-0.2, -0.15) is 0 Å². The van der Waals surface area contributed by atoms with E-state index in [4.69, 9.17) is 11.6 Å². The van der Waals surface area contributed by atoms with Gasteiger partial charge in [0.25, 0.3) is 5.91 Å². The molecular formula is C18H14ClN3O2. The number of carbonyl (C=O) groups excluding carboxylic acids is 2. The van der Waals surface area contributed by atoms with Gasteiger partial charge in [-0.25, -0.2) is 0 Å². The summed E-state index contributed by atoms with van der Waals surface area (Å²) in [5, 5.41) is 2.24. The van der Waals surface area contributed by atoms with Crippen LogP contribution in [-0.2, 0) is 11.2 Å². The Morgan fingerprint density at radius 1 is 0.958 bits per heavy atom. The Morgan fingerprint density at radius 2 is 1.71 bits per heavy atom. The van der Waals surface area contributed by atoms with Crippen molar-refractivity contribution in [3.8, 4) is 0 Å². The van der Waals surface area contributed by atoms with Crippen molar-refractivity contribution >= 4 is 34.2 Å². The van der Waals surface area contributed by atoms with Crippen LogP contribution in [0.5, 0.6) is 0 Å². The van der Waals surface area contributed by atoms with Crippen molar-refractivity contribution in [1.29, 1.82) is 0 Å². The summed E-state index contributed by atoms with van der Waals surface area (Å²) in [6.07, 6.45) is 1.70. The van der Waals surface area contributed by atoms with Crippen molar-refractivity contribution in [2.45, 2.75) is 6.42 Å². The normalized spacial score (nSPS) is 10.4. The minimum absolute atomic E-state index is 0.139. The highest BCUT2D eigenvalue weighted by molar-refractivity contribution is 6.30. The van der Waals surface area contributed by atoms with Gasteiger partial charge in [0, 0.05) is 16.6 Å². The second kappa shape index (κ2) is 7.10. The Balaban J connectivity index is 1.64. The molecule has 2 N–H and O–H groups in total. The van der Waals surface area contributed by atoms with Crippen LogP contribution in [0, 0.1) is 0 Å². The van der Waals surface area contributed by atoms with Gasteiger partial charge < -0.3 is 0 Å². The van der Waals surface area contributed by atoms with Crippen molar-refractivity contribution in [3.05, 3.63) is 77.1 Å². The Kier molecular flexibility index (Phi) is 4.72. The van der Waals surface area contributed by atoms with Crippen LogP contribution in [0.25, 0.3) is 10.8 Å².